The Bertz CT molecular complexity index is 294. The molecular weight excluding hydrogens is 200 g/mol. The summed E-state index contributed by atoms with van der Waals surface area (Å²) >= 11 is 0. The van der Waals surface area contributed by atoms with E-state index in [4.69, 9.17) is 0 Å². The quantitative estimate of drug-likeness (QED) is 0.794. The van der Waals surface area contributed by atoms with Gasteiger partial charge in [0.25, 0.3) is 0 Å². The second-order valence-electron chi connectivity index (χ2n) is 4.22. The first-order valence-electron chi connectivity index (χ1n) is 5.92. The zero-order chi connectivity index (χ0) is 12.0. The Morgan fingerprint density at radius 2 is 2.06 bits per heavy atom. The Balaban J connectivity index is 2.50. The first-order chi connectivity index (χ1) is 7.63. The Morgan fingerprint density at radius 3 is 2.56 bits per heavy atom. The maximum Gasteiger partial charge on any atom is 0.151 e. The van der Waals surface area contributed by atoms with Crippen molar-refractivity contribution in [2.45, 2.75) is 33.7 Å². The van der Waals surface area contributed by atoms with Gasteiger partial charge in [-0.05, 0) is 26.0 Å². The van der Waals surface area contributed by atoms with Crippen molar-refractivity contribution in [2.75, 3.05) is 24.5 Å². The highest BCUT2D eigenvalue weighted by Gasteiger charge is 2.05. The monoisotopic (exact) mass is 222 g/mol. The van der Waals surface area contributed by atoms with Gasteiger partial charge >= 0.3 is 0 Å². The maximum absolute atomic E-state index is 4.20. The molecule has 1 aromatic rings. The van der Waals surface area contributed by atoms with Crippen LogP contribution in [0, 0.1) is 6.92 Å². The largest absolute Gasteiger partial charge is 0.354 e. The van der Waals surface area contributed by atoms with Crippen LogP contribution in [-0.2, 0) is 0 Å². The third kappa shape index (κ3) is 4.14. The van der Waals surface area contributed by atoms with Crippen LogP contribution in [0.4, 0.5) is 5.82 Å². The van der Waals surface area contributed by atoms with Crippen molar-refractivity contribution in [2.24, 2.45) is 0 Å². The van der Waals surface area contributed by atoms with Gasteiger partial charge in [0.05, 0.1) is 5.69 Å². The molecule has 0 amide bonds. The summed E-state index contributed by atoms with van der Waals surface area (Å²) in [5, 5.41) is 11.7. The van der Waals surface area contributed by atoms with Gasteiger partial charge in [0.2, 0.25) is 0 Å². The van der Waals surface area contributed by atoms with Crippen LogP contribution in [0.5, 0.6) is 0 Å². The number of rotatable bonds is 6. The van der Waals surface area contributed by atoms with E-state index >= 15 is 0 Å². The molecule has 1 N–H and O–H groups in total. The number of nitrogens with one attached hydrogen (secondary N) is 1. The molecule has 0 aliphatic heterocycles. The molecule has 4 heteroatoms. The lowest BCUT2D eigenvalue weighted by molar-refractivity contribution is 0.581. The third-order valence-corrected chi connectivity index (χ3v) is 2.42. The lowest BCUT2D eigenvalue weighted by Crippen LogP contribution is -2.35. The SMILES string of the molecule is CCN(CCNC(C)C)c1ccc(C)nn1. The summed E-state index contributed by atoms with van der Waals surface area (Å²) in [6, 6.07) is 4.56. The second kappa shape index (κ2) is 6.43. The Kier molecular flexibility index (Phi) is 5.19. The van der Waals surface area contributed by atoms with Crippen LogP contribution >= 0.6 is 0 Å². The van der Waals surface area contributed by atoms with Gasteiger partial charge in [-0.25, -0.2) is 0 Å². The molecule has 0 saturated heterocycles. The van der Waals surface area contributed by atoms with Gasteiger partial charge in [-0.1, -0.05) is 13.8 Å². The van der Waals surface area contributed by atoms with Crippen molar-refractivity contribution in [3.05, 3.63) is 17.8 Å². The zero-order valence-electron chi connectivity index (χ0n) is 10.7. The molecule has 16 heavy (non-hydrogen) atoms. The first-order valence-corrected chi connectivity index (χ1v) is 5.92. The van der Waals surface area contributed by atoms with E-state index in [1.165, 1.54) is 0 Å². The molecule has 90 valence electrons. The van der Waals surface area contributed by atoms with Crippen LogP contribution in [0.3, 0.4) is 0 Å². The van der Waals surface area contributed by atoms with Crippen molar-refractivity contribution in [1.29, 1.82) is 0 Å². The average molecular weight is 222 g/mol. The van der Waals surface area contributed by atoms with Crippen molar-refractivity contribution >= 4 is 5.82 Å². The number of hydrogen-bond donors (Lipinski definition) is 1. The second-order valence-corrected chi connectivity index (χ2v) is 4.22. The van der Waals surface area contributed by atoms with Crippen LogP contribution in [-0.4, -0.2) is 35.9 Å². The Morgan fingerprint density at radius 1 is 1.31 bits per heavy atom. The first kappa shape index (κ1) is 12.9. The number of anilines is 1. The molecule has 0 unspecified atom stereocenters. The van der Waals surface area contributed by atoms with Crippen molar-refractivity contribution < 1.29 is 0 Å². The fraction of sp³-hybridized carbons (Fsp3) is 0.667. The third-order valence-electron chi connectivity index (χ3n) is 2.42. The van der Waals surface area contributed by atoms with Gasteiger partial charge in [0, 0.05) is 25.7 Å². The summed E-state index contributed by atoms with van der Waals surface area (Å²) < 4.78 is 0. The molecule has 0 fully saturated rings. The number of aryl methyl sites for hydroxylation is 1. The van der Waals surface area contributed by atoms with E-state index in [1.807, 2.05) is 19.1 Å². The van der Waals surface area contributed by atoms with Crippen molar-refractivity contribution in [3.63, 3.8) is 0 Å². The Labute approximate surface area is 98.1 Å². The van der Waals surface area contributed by atoms with E-state index < -0.39 is 0 Å². The van der Waals surface area contributed by atoms with Crippen molar-refractivity contribution in [1.82, 2.24) is 15.5 Å². The predicted molar refractivity (Wildman–Crippen MR) is 67.8 cm³/mol. The van der Waals surface area contributed by atoms with Crippen LogP contribution < -0.4 is 10.2 Å². The Hall–Kier alpha value is -1.16. The summed E-state index contributed by atoms with van der Waals surface area (Å²) in [7, 11) is 0. The highest BCUT2D eigenvalue weighted by atomic mass is 15.3. The van der Waals surface area contributed by atoms with E-state index in [0.29, 0.717) is 6.04 Å². The predicted octanol–water partition coefficient (Wildman–Crippen LogP) is 1.61. The molecular formula is C12H22N4. The van der Waals surface area contributed by atoms with Gasteiger partial charge in [-0.2, -0.15) is 5.10 Å². The minimum Gasteiger partial charge on any atom is -0.354 e. The smallest absolute Gasteiger partial charge is 0.151 e. The molecule has 0 radical (unpaired) electrons. The van der Waals surface area contributed by atoms with Crippen LogP contribution in [0.1, 0.15) is 26.5 Å². The van der Waals surface area contributed by atoms with Gasteiger partial charge in [-0.15, -0.1) is 5.10 Å². The molecule has 0 spiro atoms. The molecule has 0 aromatic carbocycles. The minimum atomic E-state index is 0.530. The van der Waals surface area contributed by atoms with Crippen LogP contribution in [0.25, 0.3) is 0 Å². The van der Waals surface area contributed by atoms with E-state index in [0.717, 1.165) is 31.1 Å². The maximum atomic E-state index is 4.20. The molecule has 0 atom stereocenters. The standard InChI is InChI=1S/C12H22N4/c1-5-16(9-8-13-10(2)3)12-7-6-11(4)14-15-12/h6-7,10,13H,5,8-9H2,1-4H3. The lowest BCUT2D eigenvalue weighted by atomic mass is 10.3. The number of nitrogens with zero attached hydrogens (tertiary/aromatic N) is 3. The number of aromatic nitrogens is 2. The lowest BCUT2D eigenvalue weighted by Gasteiger charge is -2.22. The van der Waals surface area contributed by atoms with E-state index in [1.54, 1.807) is 0 Å². The van der Waals surface area contributed by atoms with Crippen molar-refractivity contribution in [3.8, 4) is 0 Å². The molecule has 4 nitrogen and oxygen atoms in total. The average Bonchev–Trinajstić information content (AvgIpc) is 2.26. The normalized spacial score (nSPS) is 10.8. The van der Waals surface area contributed by atoms with Gasteiger partial charge in [0.15, 0.2) is 5.82 Å². The number of likely N-dealkylation sites (N-methyl/N-ethyl adjacent to an activating group) is 1. The molecule has 1 aromatic heterocycles. The summed E-state index contributed by atoms with van der Waals surface area (Å²) in [5.41, 5.74) is 0.958. The molecule has 0 aliphatic rings. The highest BCUT2D eigenvalue weighted by molar-refractivity contribution is 5.36. The molecule has 0 saturated carbocycles. The van der Waals surface area contributed by atoms with Gasteiger partial charge < -0.3 is 10.2 Å². The highest BCUT2D eigenvalue weighted by Crippen LogP contribution is 2.07. The zero-order valence-corrected chi connectivity index (χ0v) is 10.7. The molecule has 0 aliphatic carbocycles. The molecule has 1 heterocycles. The summed E-state index contributed by atoms with van der Waals surface area (Å²) in [6.45, 7) is 11.3. The van der Waals surface area contributed by atoms with E-state index in [9.17, 15) is 0 Å². The van der Waals surface area contributed by atoms with Crippen LogP contribution in [0.15, 0.2) is 12.1 Å². The fourth-order valence-electron chi connectivity index (χ4n) is 1.48. The van der Waals surface area contributed by atoms with Gasteiger partial charge in [-0.3, -0.25) is 0 Å². The topological polar surface area (TPSA) is 41.0 Å². The minimum absolute atomic E-state index is 0.530. The fourth-order valence-corrected chi connectivity index (χ4v) is 1.48. The van der Waals surface area contributed by atoms with E-state index in [-0.39, 0.29) is 0 Å². The number of hydrogen-bond acceptors (Lipinski definition) is 4. The van der Waals surface area contributed by atoms with Gasteiger partial charge in [0.1, 0.15) is 0 Å². The summed E-state index contributed by atoms with van der Waals surface area (Å²) in [5.74, 6) is 0.957. The summed E-state index contributed by atoms with van der Waals surface area (Å²) in [4.78, 5) is 2.22. The molecule has 1 rings (SSSR count). The van der Waals surface area contributed by atoms with Crippen LogP contribution in [0.2, 0.25) is 0 Å². The van der Waals surface area contributed by atoms with E-state index in [2.05, 4.69) is 41.2 Å². The molecule has 0 bridgehead atoms. The summed E-state index contributed by atoms with van der Waals surface area (Å²) in [6.07, 6.45) is 0.